The quantitative estimate of drug-likeness (QED) is 0.247. The Kier molecular flexibility index (Phi) is 11.9. The number of carbonyl (C=O) groups excluding carboxylic acids is 2. The third kappa shape index (κ3) is 9.24. The molecule has 0 unspecified atom stereocenters. The van der Waals surface area contributed by atoms with Crippen molar-refractivity contribution in [2.45, 2.75) is 65.5 Å². The van der Waals surface area contributed by atoms with Gasteiger partial charge >= 0.3 is 6.09 Å². The molecule has 1 aliphatic heterocycles. The lowest BCUT2D eigenvalue weighted by atomic mass is 9.91. The van der Waals surface area contributed by atoms with Crippen LogP contribution in [0.3, 0.4) is 0 Å². The van der Waals surface area contributed by atoms with E-state index in [4.69, 9.17) is 4.74 Å². The van der Waals surface area contributed by atoms with E-state index >= 15 is 0 Å². The molecule has 2 amide bonds. The second-order valence-electron chi connectivity index (χ2n) is 10.9. The van der Waals surface area contributed by atoms with Gasteiger partial charge in [0.2, 0.25) is 0 Å². The molecule has 0 atom stereocenters. The summed E-state index contributed by atoms with van der Waals surface area (Å²) in [6.45, 7) is 15.8. The van der Waals surface area contributed by atoms with Gasteiger partial charge in [-0.15, -0.1) is 0 Å². The summed E-state index contributed by atoms with van der Waals surface area (Å²) in [7, 11) is 1.50. The van der Waals surface area contributed by atoms with Crippen LogP contribution >= 0.6 is 0 Å². The first-order valence-corrected chi connectivity index (χ1v) is 13.7. The molecule has 0 radical (unpaired) electrons. The highest BCUT2D eigenvalue weighted by atomic mass is 16.6. The fraction of sp³-hybridized carbons (Fsp3) is 0.419. The van der Waals surface area contributed by atoms with E-state index in [1.54, 1.807) is 36.9 Å². The molecule has 1 aliphatic rings. The summed E-state index contributed by atoms with van der Waals surface area (Å²) < 4.78 is 5.53. The predicted octanol–water partition coefficient (Wildman–Crippen LogP) is 4.61. The van der Waals surface area contributed by atoms with Crippen LogP contribution in [0.4, 0.5) is 16.3 Å². The summed E-state index contributed by atoms with van der Waals surface area (Å²) in [6, 6.07) is 13.3. The molecule has 2 heterocycles. The fourth-order valence-corrected chi connectivity index (χ4v) is 3.99. The van der Waals surface area contributed by atoms with Gasteiger partial charge in [-0.1, -0.05) is 12.1 Å². The zero-order valence-electron chi connectivity index (χ0n) is 25.6. The van der Waals surface area contributed by atoms with Crippen molar-refractivity contribution in [3.8, 4) is 6.07 Å². The summed E-state index contributed by atoms with van der Waals surface area (Å²) in [5.41, 5.74) is 6.66. The van der Waals surface area contributed by atoms with Crippen molar-refractivity contribution in [3.63, 3.8) is 0 Å². The standard InChI is InChI=1S/C30H37N7O3.CH5N/c1-8-33-27(38)23(17-32-7)26(36-25-11-9-10-24(35-25)30(5,6)19-31)34-22-13-12-21-18-37(15-14-20(21)16-22)28(39)40-29(2,3)4;1-2/h9-13,16-17H,7-8,14-15,18H2,1-6H3,(H,33,38)(H,34,35,36);2H2,1H3/b23-17+;. The molecule has 0 saturated carbocycles. The number of fused-ring (bicyclic) bond motifs is 1. The molecule has 0 saturated heterocycles. The molecule has 11 heteroatoms. The number of likely N-dealkylation sites (N-methyl/N-ethyl adjacent to an activating group) is 1. The first kappa shape index (κ1) is 33.6. The van der Waals surface area contributed by atoms with E-state index in [0.717, 1.165) is 11.1 Å². The van der Waals surface area contributed by atoms with Crippen molar-refractivity contribution in [2.75, 3.05) is 25.5 Å². The van der Waals surface area contributed by atoms with Crippen LogP contribution in [0.5, 0.6) is 0 Å². The third-order valence-electron chi connectivity index (χ3n) is 6.07. The summed E-state index contributed by atoms with van der Waals surface area (Å²) in [6.07, 6.45) is 1.66. The molecule has 0 bridgehead atoms. The number of anilines is 1. The van der Waals surface area contributed by atoms with E-state index in [0.29, 0.717) is 43.3 Å². The smallest absolute Gasteiger partial charge is 0.410 e. The van der Waals surface area contributed by atoms with Gasteiger partial charge in [-0.05, 0) is 97.1 Å². The SMILES string of the molecule is C=N/C=C(C(=O)NCC)\C(=N\c1cccc(C(C)(C)C#N)n1)Nc1ccc2c(c1)CCN(C(=O)OC(C)(C)C)C2.CN. The van der Waals surface area contributed by atoms with E-state index in [1.165, 1.54) is 13.2 Å². The second kappa shape index (κ2) is 14.9. The van der Waals surface area contributed by atoms with Crippen LogP contribution in [0.15, 0.2) is 58.2 Å². The number of pyridine rings is 1. The van der Waals surface area contributed by atoms with Crippen LogP contribution in [0, 0.1) is 11.3 Å². The minimum absolute atomic E-state index is 0.178. The van der Waals surface area contributed by atoms with Crippen molar-refractivity contribution in [2.24, 2.45) is 15.7 Å². The van der Waals surface area contributed by atoms with Crippen molar-refractivity contribution >= 4 is 36.1 Å². The number of nitriles is 1. The van der Waals surface area contributed by atoms with Gasteiger partial charge < -0.3 is 26.0 Å². The largest absolute Gasteiger partial charge is 0.444 e. The van der Waals surface area contributed by atoms with E-state index in [-0.39, 0.29) is 23.4 Å². The van der Waals surface area contributed by atoms with Crippen molar-refractivity contribution in [1.82, 2.24) is 15.2 Å². The van der Waals surface area contributed by atoms with Crippen molar-refractivity contribution < 1.29 is 14.3 Å². The molecule has 224 valence electrons. The van der Waals surface area contributed by atoms with Crippen molar-refractivity contribution in [1.29, 1.82) is 5.26 Å². The summed E-state index contributed by atoms with van der Waals surface area (Å²) in [5, 5.41) is 15.6. The van der Waals surface area contributed by atoms with E-state index in [2.05, 4.69) is 44.1 Å². The molecule has 1 aromatic carbocycles. The molecule has 11 nitrogen and oxygen atoms in total. The number of nitrogens with zero attached hydrogens (tertiary/aromatic N) is 5. The van der Waals surface area contributed by atoms with E-state index in [1.807, 2.05) is 45.9 Å². The highest BCUT2D eigenvalue weighted by Crippen LogP contribution is 2.26. The number of hydrogen-bond donors (Lipinski definition) is 3. The average Bonchev–Trinajstić information content (AvgIpc) is 2.95. The number of amides is 2. The predicted molar refractivity (Wildman–Crippen MR) is 167 cm³/mol. The van der Waals surface area contributed by atoms with Gasteiger partial charge in [0, 0.05) is 31.5 Å². The molecule has 0 spiro atoms. The van der Waals surface area contributed by atoms with Gasteiger partial charge in [0.15, 0.2) is 5.82 Å². The van der Waals surface area contributed by atoms with Gasteiger partial charge in [-0.25, -0.2) is 14.8 Å². The maximum Gasteiger partial charge on any atom is 0.410 e. The molecular weight excluding hydrogens is 532 g/mol. The summed E-state index contributed by atoms with van der Waals surface area (Å²) in [4.78, 5) is 40.3. The van der Waals surface area contributed by atoms with Crippen LogP contribution < -0.4 is 16.4 Å². The number of ether oxygens (including phenoxy) is 1. The van der Waals surface area contributed by atoms with E-state index < -0.39 is 11.0 Å². The van der Waals surface area contributed by atoms with Gasteiger partial charge in [0.05, 0.1) is 17.2 Å². The zero-order chi connectivity index (χ0) is 31.5. The maximum absolute atomic E-state index is 13.0. The van der Waals surface area contributed by atoms with Gasteiger partial charge in [0.1, 0.15) is 17.0 Å². The topological polar surface area (TPSA) is 158 Å². The van der Waals surface area contributed by atoms with Crippen LogP contribution in [-0.2, 0) is 27.9 Å². The minimum atomic E-state index is -0.814. The number of hydrogen-bond acceptors (Lipinski definition) is 8. The second-order valence-corrected chi connectivity index (χ2v) is 10.9. The van der Waals surface area contributed by atoms with Crippen LogP contribution in [0.2, 0.25) is 0 Å². The monoisotopic (exact) mass is 574 g/mol. The summed E-state index contributed by atoms with van der Waals surface area (Å²) in [5.74, 6) is 0.179. The number of rotatable bonds is 7. The van der Waals surface area contributed by atoms with Crippen LogP contribution in [0.1, 0.15) is 58.4 Å². The van der Waals surface area contributed by atoms with Gasteiger partial charge in [-0.2, -0.15) is 5.26 Å². The highest BCUT2D eigenvalue weighted by molar-refractivity contribution is 6.25. The fourth-order valence-electron chi connectivity index (χ4n) is 3.99. The van der Waals surface area contributed by atoms with Gasteiger partial charge in [0.25, 0.3) is 5.91 Å². The Morgan fingerprint density at radius 2 is 1.90 bits per heavy atom. The lowest BCUT2D eigenvalue weighted by Crippen LogP contribution is -2.39. The summed E-state index contributed by atoms with van der Waals surface area (Å²) >= 11 is 0. The number of benzene rings is 1. The van der Waals surface area contributed by atoms with Crippen molar-refractivity contribution in [3.05, 3.63) is 65.0 Å². The maximum atomic E-state index is 13.0. The number of carbonyl (C=O) groups is 2. The molecular formula is C31H42N8O3. The van der Waals surface area contributed by atoms with Gasteiger partial charge in [-0.3, -0.25) is 9.79 Å². The number of nitrogens with one attached hydrogen (secondary N) is 2. The molecule has 0 fully saturated rings. The molecule has 42 heavy (non-hydrogen) atoms. The Bertz CT molecular complexity index is 1380. The third-order valence-corrected chi connectivity index (χ3v) is 6.07. The highest BCUT2D eigenvalue weighted by Gasteiger charge is 2.26. The Morgan fingerprint density at radius 3 is 2.52 bits per heavy atom. The molecule has 2 aromatic rings. The Hall–Kier alpha value is -4.56. The lowest BCUT2D eigenvalue weighted by Gasteiger charge is -2.31. The Labute approximate surface area is 248 Å². The minimum Gasteiger partial charge on any atom is -0.444 e. The van der Waals surface area contributed by atoms with E-state index in [9.17, 15) is 14.9 Å². The lowest BCUT2D eigenvalue weighted by molar-refractivity contribution is -0.116. The Balaban J connectivity index is 0.00000301. The number of nitrogens with two attached hydrogens (primary N) is 1. The Morgan fingerprint density at radius 1 is 1.19 bits per heavy atom. The normalized spacial score (nSPS) is 13.5. The molecule has 4 N–H and O–H groups in total. The molecule has 1 aromatic heterocycles. The first-order chi connectivity index (χ1) is 19.9. The van der Waals surface area contributed by atoms with Crippen LogP contribution in [-0.4, -0.2) is 60.2 Å². The van der Waals surface area contributed by atoms with Crippen LogP contribution in [0.25, 0.3) is 0 Å². The molecule has 0 aliphatic carbocycles. The average molecular weight is 575 g/mol. The number of aliphatic imine (C=N–C) groups is 2. The number of amidine groups is 1. The first-order valence-electron chi connectivity index (χ1n) is 13.7. The number of aromatic nitrogens is 1. The zero-order valence-corrected chi connectivity index (χ0v) is 25.6. The molecule has 3 rings (SSSR count).